The molecule has 0 bridgehead atoms. The molecule has 2 unspecified atom stereocenters. The van der Waals surface area contributed by atoms with Gasteiger partial charge in [-0.05, 0) is 44.4 Å². The second-order valence-corrected chi connectivity index (χ2v) is 9.37. The summed E-state index contributed by atoms with van der Waals surface area (Å²) in [4.78, 5) is 33.1. The number of carbonyl (C=O) groups is 1. The number of ether oxygens (including phenoxy) is 1. The Kier molecular flexibility index (Phi) is 7.27. The third kappa shape index (κ3) is 5.05. The Balaban J connectivity index is 1.60. The molecule has 1 aromatic heterocycles. The molecule has 32 heavy (non-hydrogen) atoms. The van der Waals surface area contributed by atoms with Crippen LogP contribution < -0.4 is 5.56 Å². The number of amides is 1. The van der Waals surface area contributed by atoms with Gasteiger partial charge in [0.05, 0.1) is 28.8 Å². The first-order valence-electron chi connectivity index (χ1n) is 11.2. The van der Waals surface area contributed by atoms with Crippen LogP contribution in [0.1, 0.15) is 32.3 Å². The zero-order chi connectivity index (χ0) is 22.5. The van der Waals surface area contributed by atoms with Crippen LogP contribution in [0.3, 0.4) is 0 Å². The van der Waals surface area contributed by atoms with Crippen molar-refractivity contribution in [1.29, 1.82) is 0 Å². The first-order chi connectivity index (χ1) is 15.6. The molecule has 1 aliphatic heterocycles. The van der Waals surface area contributed by atoms with Gasteiger partial charge in [-0.1, -0.05) is 54.2 Å². The van der Waals surface area contributed by atoms with Crippen molar-refractivity contribution < 1.29 is 9.53 Å². The summed E-state index contributed by atoms with van der Waals surface area (Å²) >= 11 is 1.35. The van der Waals surface area contributed by atoms with Crippen molar-refractivity contribution in [3.63, 3.8) is 0 Å². The maximum Gasteiger partial charge on any atom is 0.262 e. The number of hydrogen-bond acceptors (Lipinski definition) is 5. The summed E-state index contributed by atoms with van der Waals surface area (Å²) in [6.45, 7) is 6.24. The van der Waals surface area contributed by atoms with E-state index in [2.05, 4.69) is 0 Å². The van der Waals surface area contributed by atoms with Gasteiger partial charge in [0.25, 0.3) is 5.56 Å². The number of para-hydroxylation sites is 1. The zero-order valence-corrected chi connectivity index (χ0v) is 19.4. The second-order valence-electron chi connectivity index (χ2n) is 8.06. The lowest BCUT2D eigenvalue weighted by atomic mass is 10.2. The number of fused-ring (bicyclic) bond motifs is 1. The van der Waals surface area contributed by atoms with Crippen molar-refractivity contribution in [3.05, 3.63) is 70.5 Å². The largest absolute Gasteiger partial charge is 0.376 e. The molecule has 0 radical (unpaired) electrons. The summed E-state index contributed by atoms with van der Waals surface area (Å²) in [5.74, 6) is 0.0347. The monoisotopic (exact) mass is 451 g/mol. The predicted molar refractivity (Wildman–Crippen MR) is 128 cm³/mol. The number of hydrogen-bond donors (Lipinski definition) is 0. The average molecular weight is 452 g/mol. The van der Waals surface area contributed by atoms with Gasteiger partial charge in [0.15, 0.2) is 5.16 Å². The quantitative estimate of drug-likeness (QED) is 0.381. The van der Waals surface area contributed by atoms with Crippen LogP contribution in [-0.4, -0.2) is 44.9 Å². The van der Waals surface area contributed by atoms with Crippen molar-refractivity contribution in [3.8, 4) is 0 Å². The highest BCUT2D eigenvalue weighted by Crippen LogP contribution is 2.26. The van der Waals surface area contributed by atoms with E-state index in [0.717, 1.165) is 25.0 Å². The van der Waals surface area contributed by atoms with Crippen molar-refractivity contribution in [2.45, 2.75) is 56.3 Å². The molecular weight excluding hydrogens is 422 g/mol. The Labute approximate surface area is 192 Å². The molecule has 7 heteroatoms. The molecule has 6 nitrogen and oxygen atoms in total. The van der Waals surface area contributed by atoms with E-state index >= 15 is 0 Å². The fourth-order valence-electron chi connectivity index (χ4n) is 4.01. The summed E-state index contributed by atoms with van der Waals surface area (Å²) in [6.07, 6.45) is 1.94. The minimum absolute atomic E-state index is 0.00578. The summed E-state index contributed by atoms with van der Waals surface area (Å²) < 4.78 is 7.48. The van der Waals surface area contributed by atoms with E-state index < -0.39 is 0 Å². The smallest absolute Gasteiger partial charge is 0.262 e. The molecule has 168 valence electrons. The SMILES string of the molecule is CCN(Cc1ccccc1)C(=O)C(C)Sc1nc2ccccc2c(=O)n1CC1CCCO1. The lowest BCUT2D eigenvalue weighted by Crippen LogP contribution is -2.36. The molecule has 3 aromatic rings. The van der Waals surface area contributed by atoms with Gasteiger partial charge < -0.3 is 9.64 Å². The van der Waals surface area contributed by atoms with E-state index in [-0.39, 0.29) is 22.8 Å². The molecule has 2 atom stereocenters. The van der Waals surface area contributed by atoms with Crippen LogP contribution in [0.4, 0.5) is 0 Å². The van der Waals surface area contributed by atoms with Crippen LogP contribution >= 0.6 is 11.8 Å². The second kappa shape index (κ2) is 10.3. The van der Waals surface area contributed by atoms with E-state index in [1.54, 1.807) is 10.6 Å². The highest BCUT2D eigenvalue weighted by molar-refractivity contribution is 8.00. The molecule has 2 heterocycles. The van der Waals surface area contributed by atoms with Crippen molar-refractivity contribution in [2.24, 2.45) is 0 Å². The van der Waals surface area contributed by atoms with Crippen LogP contribution in [0.5, 0.6) is 0 Å². The number of nitrogens with zero attached hydrogens (tertiary/aromatic N) is 3. The molecule has 0 saturated carbocycles. The standard InChI is InChI=1S/C25H29N3O3S/c1-3-27(16-19-10-5-4-6-11-19)23(29)18(2)32-25-26-22-14-8-7-13-21(22)24(30)28(25)17-20-12-9-15-31-20/h4-8,10-11,13-14,18,20H,3,9,12,15-17H2,1-2H3. The first-order valence-corrected chi connectivity index (χ1v) is 12.1. The molecule has 0 spiro atoms. The molecule has 1 amide bonds. The van der Waals surface area contributed by atoms with Gasteiger partial charge in [-0.25, -0.2) is 4.98 Å². The van der Waals surface area contributed by atoms with Crippen LogP contribution in [0, 0.1) is 0 Å². The van der Waals surface area contributed by atoms with Crippen LogP contribution in [0.25, 0.3) is 10.9 Å². The van der Waals surface area contributed by atoms with Gasteiger partial charge in [-0.15, -0.1) is 0 Å². The van der Waals surface area contributed by atoms with Crippen molar-refractivity contribution >= 4 is 28.6 Å². The van der Waals surface area contributed by atoms with Gasteiger partial charge in [-0.2, -0.15) is 0 Å². The third-order valence-electron chi connectivity index (χ3n) is 5.78. The van der Waals surface area contributed by atoms with Crippen LogP contribution in [0.2, 0.25) is 0 Å². The van der Waals surface area contributed by atoms with Crippen LogP contribution in [-0.2, 0) is 22.6 Å². The number of carbonyl (C=O) groups excluding carboxylic acids is 1. The Morgan fingerprint density at radius 1 is 1.22 bits per heavy atom. The van der Waals surface area contributed by atoms with Gasteiger partial charge in [-0.3, -0.25) is 14.2 Å². The molecule has 2 aromatic carbocycles. The summed E-state index contributed by atoms with van der Waals surface area (Å²) in [5, 5.41) is 0.788. The highest BCUT2D eigenvalue weighted by atomic mass is 32.2. The Morgan fingerprint density at radius 2 is 1.97 bits per heavy atom. The van der Waals surface area contributed by atoms with E-state index in [9.17, 15) is 9.59 Å². The predicted octanol–water partition coefficient (Wildman–Crippen LogP) is 4.10. The number of thioether (sulfide) groups is 1. The van der Waals surface area contributed by atoms with Gasteiger partial charge >= 0.3 is 0 Å². The minimum Gasteiger partial charge on any atom is -0.376 e. The Hall–Kier alpha value is -2.64. The summed E-state index contributed by atoms with van der Waals surface area (Å²) in [5.41, 5.74) is 1.67. The minimum atomic E-state index is -0.373. The van der Waals surface area contributed by atoms with E-state index in [1.807, 2.05) is 67.3 Å². The topological polar surface area (TPSA) is 64.4 Å². The van der Waals surface area contributed by atoms with Crippen molar-refractivity contribution in [1.82, 2.24) is 14.5 Å². The first kappa shape index (κ1) is 22.6. The summed E-state index contributed by atoms with van der Waals surface area (Å²) in [6, 6.07) is 17.4. The molecule has 0 N–H and O–H groups in total. The number of aromatic nitrogens is 2. The Morgan fingerprint density at radius 3 is 2.69 bits per heavy atom. The normalized spacial score (nSPS) is 16.9. The molecular formula is C25H29N3O3S. The van der Waals surface area contributed by atoms with Crippen LogP contribution in [0.15, 0.2) is 64.5 Å². The molecule has 1 fully saturated rings. The highest BCUT2D eigenvalue weighted by Gasteiger charge is 2.25. The molecule has 1 aliphatic rings. The maximum atomic E-state index is 13.3. The van der Waals surface area contributed by atoms with Crippen molar-refractivity contribution in [2.75, 3.05) is 13.2 Å². The molecule has 4 rings (SSSR count). The molecule has 0 aliphatic carbocycles. The summed E-state index contributed by atoms with van der Waals surface area (Å²) in [7, 11) is 0. The lowest BCUT2D eigenvalue weighted by Gasteiger charge is -2.25. The fraction of sp³-hybridized carbons (Fsp3) is 0.400. The van der Waals surface area contributed by atoms with Gasteiger partial charge in [0.2, 0.25) is 5.91 Å². The third-order valence-corrected chi connectivity index (χ3v) is 6.85. The number of benzene rings is 2. The average Bonchev–Trinajstić information content (AvgIpc) is 3.33. The number of rotatable bonds is 8. The maximum absolute atomic E-state index is 13.3. The fourth-order valence-corrected chi connectivity index (χ4v) is 5.01. The Bertz CT molecular complexity index is 1130. The zero-order valence-electron chi connectivity index (χ0n) is 18.6. The molecule has 1 saturated heterocycles. The van der Waals surface area contributed by atoms with Gasteiger partial charge in [0, 0.05) is 19.7 Å². The van der Waals surface area contributed by atoms with E-state index in [0.29, 0.717) is 35.7 Å². The van der Waals surface area contributed by atoms with E-state index in [4.69, 9.17) is 9.72 Å². The lowest BCUT2D eigenvalue weighted by molar-refractivity contribution is -0.130. The van der Waals surface area contributed by atoms with E-state index in [1.165, 1.54) is 11.8 Å². The van der Waals surface area contributed by atoms with Gasteiger partial charge in [0.1, 0.15) is 0 Å².